The van der Waals surface area contributed by atoms with Crippen LogP contribution in [0.4, 0.5) is 0 Å². The minimum absolute atomic E-state index is 0.0326. The number of hydrogen-bond donors (Lipinski definition) is 1. The van der Waals surface area contributed by atoms with Crippen molar-refractivity contribution in [2.45, 2.75) is 13.3 Å². The topological polar surface area (TPSA) is 152 Å². The monoisotopic (exact) mass is 825 g/mol. The molecular weight excluding hydrogens is 797 g/mol. The van der Waals surface area contributed by atoms with Crippen LogP contribution in [0.15, 0.2) is 0 Å². The average molecular weight is 825 g/mol. The Labute approximate surface area is 229 Å². The average Bonchev–Trinajstić information content (AvgIpc) is 2.80. The van der Waals surface area contributed by atoms with Crippen molar-refractivity contribution in [1.29, 1.82) is 0 Å². The fraction of sp³-hybridized carbons (Fsp3) is 0.550. The van der Waals surface area contributed by atoms with Crippen LogP contribution in [0, 0.1) is 24.7 Å². The molecule has 1 heterocycles. The zero-order valence-corrected chi connectivity index (χ0v) is 25.4. The second kappa shape index (κ2) is 34.3. The van der Waals surface area contributed by atoms with Gasteiger partial charge in [0.25, 0.3) is 0 Å². The summed E-state index contributed by atoms with van der Waals surface area (Å²) in [5, 5.41) is 7.64. The number of carbonyl (C=O) groups excluding carboxylic acids is 5. The van der Waals surface area contributed by atoms with E-state index >= 15 is 0 Å². The maximum absolute atomic E-state index is 10.3. The molecule has 0 unspecified atom stereocenters. The van der Waals surface area contributed by atoms with E-state index in [1.807, 2.05) is 5.92 Å². The third-order valence-electron chi connectivity index (χ3n) is 2.40. The Kier molecular flexibility index (Phi) is 40.6. The molecule has 0 aromatic carbocycles. The minimum Gasteiger partial charge on any atom is -0.366 e. The van der Waals surface area contributed by atoms with Gasteiger partial charge in [-0.3, -0.25) is 14.4 Å². The van der Waals surface area contributed by atoms with Crippen molar-refractivity contribution in [3.63, 3.8) is 0 Å². The number of aliphatic hydroxyl groups excluding tert-OH is 1. The van der Waals surface area contributed by atoms with Gasteiger partial charge in [-0.2, -0.15) is 0 Å². The third kappa shape index (κ3) is 44.7. The Morgan fingerprint density at radius 1 is 0.971 bits per heavy atom. The first-order valence-corrected chi connectivity index (χ1v) is 21.4. The van der Waals surface area contributed by atoms with E-state index in [-0.39, 0.29) is 70.0 Å². The summed E-state index contributed by atoms with van der Waals surface area (Å²) in [4.78, 5) is 51.5. The number of ether oxygens (including phenoxy) is 5. The smallest absolute Gasteiger partial charge is 0.165 e. The molecule has 0 spiro atoms. The van der Waals surface area contributed by atoms with Crippen LogP contribution in [0.25, 0.3) is 0 Å². The molecule has 0 radical (unpaired) electrons. The van der Waals surface area contributed by atoms with Crippen molar-refractivity contribution in [3.8, 4) is 24.7 Å². The number of methoxy groups -OCH3 is 2. The Bertz CT molecular complexity index is 641. The van der Waals surface area contributed by atoms with Crippen LogP contribution in [-0.2, 0) is 47.7 Å². The van der Waals surface area contributed by atoms with Crippen LogP contribution in [0.5, 0.6) is 0 Å². The van der Waals surface area contributed by atoms with Crippen molar-refractivity contribution in [3.05, 3.63) is 0 Å². The van der Waals surface area contributed by atoms with Crippen molar-refractivity contribution in [2.75, 3.05) is 60.5 Å². The molecule has 0 atom stereocenters. The van der Waals surface area contributed by atoms with Gasteiger partial charge in [0.15, 0.2) is 17.3 Å². The predicted molar refractivity (Wildman–Crippen MR) is 135 cm³/mol. The van der Waals surface area contributed by atoms with Crippen LogP contribution in [0.2, 0.25) is 0 Å². The first-order valence-electron chi connectivity index (χ1n) is 8.84. The van der Waals surface area contributed by atoms with Gasteiger partial charge in [-0.25, -0.2) is 9.59 Å². The molecule has 14 heteroatoms. The molecule has 1 fully saturated rings. The van der Waals surface area contributed by atoms with Gasteiger partial charge >= 0.3 is 62.4 Å². The molecule has 1 N–H and O–H groups in total. The standard InChI is InChI=1S/C6H10O4.C6H8O3.C5H6O3.C3H4O.I3/c1-5(7)3-10-4-6(8)9-2;1-3-4-9-5-6(7)8-2;6-4-1-5(7)3-8-2-4;1-2-3-4;1-3-2/h3-4H2,1-2H3;1H,4-5H2,2H3;1-3H2;1,4H,3H2;/q;;;;-1. The van der Waals surface area contributed by atoms with Gasteiger partial charge in [0.2, 0.25) is 0 Å². The van der Waals surface area contributed by atoms with E-state index in [1.54, 1.807) is 0 Å². The number of Topliss-reactive ketones (excluding diaryl/α,β-unsaturated/α-hetero) is 3. The molecule has 1 saturated heterocycles. The predicted octanol–water partition coefficient (Wildman–Crippen LogP) is -2.49. The fourth-order valence-electron chi connectivity index (χ4n) is 1.19. The molecule has 0 aromatic rings. The van der Waals surface area contributed by atoms with E-state index in [4.69, 9.17) is 11.5 Å². The first kappa shape index (κ1) is 40.3. The number of terminal acetylenes is 2. The second-order valence-corrected chi connectivity index (χ2v) is 21.5. The number of aliphatic hydroxyl groups is 1. The zero-order valence-electron chi connectivity index (χ0n) is 19.0. The fourth-order valence-corrected chi connectivity index (χ4v) is 1.19. The molecule has 0 saturated carbocycles. The number of ketones is 3. The second-order valence-electron chi connectivity index (χ2n) is 5.21. The first-order chi connectivity index (χ1) is 16.1. The van der Waals surface area contributed by atoms with Crippen molar-refractivity contribution < 1.29 is 66.0 Å². The van der Waals surface area contributed by atoms with Gasteiger partial charge in [0, 0.05) is 0 Å². The Hall–Kier alpha value is -0.900. The summed E-state index contributed by atoms with van der Waals surface area (Å²) >= 11 is 5.30. The summed E-state index contributed by atoms with van der Waals surface area (Å²) in [5.41, 5.74) is 0. The van der Waals surface area contributed by atoms with E-state index in [1.165, 1.54) is 21.1 Å². The molecule has 0 aromatic heterocycles. The van der Waals surface area contributed by atoms with E-state index in [9.17, 15) is 24.0 Å². The zero-order chi connectivity index (χ0) is 27.2. The SMILES string of the molecule is C#CCO.C#CCOCC(=O)OC.COC(=O)COCC(C)=O.I[I-]I.O=C1COCC(=O)C1. The molecule has 34 heavy (non-hydrogen) atoms. The summed E-state index contributed by atoms with van der Waals surface area (Å²) in [6.45, 7) is 1.36. The van der Waals surface area contributed by atoms with Crippen LogP contribution < -0.4 is 13.3 Å². The van der Waals surface area contributed by atoms with Crippen LogP contribution in [0.3, 0.4) is 0 Å². The summed E-state index contributed by atoms with van der Waals surface area (Å²) < 4.78 is 22.4. The van der Waals surface area contributed by atoms with Gasteiger partial charge in [-0.1, -0.05) is 11.8 Å². The minimum atomic E-state index is -0.471. The van der Waals surface area contributed by atoms with Gasteiger partial charge in [0.1, 0.15) is 46.2 Å². The molecule has 11 nitrogen and oxygen atoms in total. The van der Waals surface area contributed by atoms with Gasteiger partial charge in [-0.15, -0.1) is 12.8 Å². The number of rotatable bonds is 7. The number of hydrogen-bond acceptors (Lipinski definition) is 11. The molecule has 1 aliphatic rings. The van der Waals surface area contributed by atoms with E-state index in [2.05, 4.69) is 73.3 Å². The maximum atomic E-state index is 10.3. The van der Waals surface area contributed by atoms with E-state index in [0.717, 1.165) is 0 Å². The third-order valence-corrected chi connectivity index (χ3v) is 2.40. The maximum Gasteiger partial charge on any atom is 0.165 e. The molecular formula is C20H28I3O11-. The Balaban J connectivity index is -0.000000175. The molecule has 0 amide bonds. The number of halogens is 3. The Morgan fingerprint density at radius 2 is 1.38 bits per heavy atom. The quantitative estimate of drug-likeness (QED) is 0.0956. The van der Waals surface area contributed by atoms with Crippen LogP contribution >= 0.6 is 37.2 Å². The summed E-state index contributed by atoms with van der Waals surface area (Å²) in [5.74, 6) is 2.99. The van der Waals surface area contributed by atoms with Crippen LogP contribution in [-0.4, -0.2) is 94.9 Å². The molecule has 1 aliphatic heterocycles. The number of carbonyl (C=O) groups is 5. The largest absolute Gasteiger partial charge is 0.366 e. The molecule has 196 valence electrons. The molecule has 1 rings (SSSR count). The summed E-state index contributed by atoms with van der Waals surface area (Å²) in [7, 11) is 2.56. The van der Waals surface area contributed by atoms with Gasteiger partial charge in [0.05, 0.1) is 20.6 Å². The molecule has 0 bridgehead atoms. The van der Waals surface area contributed by atoms with E-state index in [0.29, 0.717) is 13.3 Å². The summed E-state index contributed by atoms with van der Waals surface area (Å²) in [6, 6.07) is 0. The Morgan fingerprint density at radius 3 is 1.65 bits per heavy atom. The summed E-state index contributed by atoms with van der Waals surface area (Å²) in [6.07, 6.45) is 9.43. The van der Waals surface area contributed by atoms with E-state index < -0.39 is 11.9 Å². The normalized spacial score (nSPS) is 11.1. The van der Waals surface area contributed by atoms with Gasteiger partial charge in [-0.05, 0) is 6.92 Å². The number of esters is 2. The van der Waals surface area contributed by atoms with Crippen LogP contribution in [0.1, 0.15) is 13.3 Å². The van der Waals surface area contributed by atoms with Crippen molar-refractivity contribution in [1.82, 2.24) is 0 Å². The molecule has 0 aliphatic carbocycles. The van der Waals surface area contributed by atoms with Crippen molar-refractivity contribution >= 4 is 66.5 Å². The van der Waals surface area contributed by atoms with Crippen molar-refractivity contribution in [2.24, 2.45) is 0 Å². The van der Waals surface area contributed by atoms with Gasteiger partial charge < -0.3 is 28.8 Å².